The fourth-order valence-corrected chi connectivity index (χ4v) is 5.62. The number of carbonyl (C=O) groups excluding carboxylic acids is 1. The van der Waals surface area contributed by atoms with Crippen LogP contribution < -0.4 is 10.1 Å². The number of ether oxygens (including phenoxy) is 1. The van der Waals surface area contributed by atoms with Crippen molar-refractivity contribution in [2.24, 2.45) is 5.92 Å². The second-order valence-electron chi connectivity index (χ2n) is 8.64. The summed E-state index contributed by atoms with van der Waals surface area (Å²) in [5, 5.41) is 12.6. The van der Waals surface area contributed by atoms with Gasteiger partial charge in [-0.1, -0.05) is 19.9 Å². The molecule has 0 saturated carbocycles. The van der Waals surface area contributed by atoms with Crippen LogP contribution in [0.3, 0.4) is 0 Å². The molecule has 34 heavy (non-hydrogen) atoms. The molecule has 0 spiro atoms. The summed E-state index contributed by atoms with van der Waals surface area (Å²) in [4.78, 5) is 22.1. The van der Waals surface area contributed by atoms with Crippen LogP contribution in [0.4, 0.5) is 4.79 Å². The maximum Gasteiger partial charge on any atom is 0.317 e. The van der Waals surface area contributed by atoms with Gasteiger partial charge >= 0.3 is 6.03 Å². The third kappa shape index (κ3) is 5.65. The quantitative estimate of drug-likeness (QED) is 0.607. The molecule has 0 saturated heterocycles. The van der Waals surface area contributed by atoms with Crippen LogP contribution in [0.25, 0.3) is 11.1 Å². The van der Waals surface area contributed by atoms with Gasteiger partial charge in [-0.15, -0.1) is 0 Å². The van der Waals surface area contributed by atoms with E-state index in [0.717, 1.165) is 12.0 Å². The highest BCUT2D eigenvalue weighted by Crippen LogP contribution is 2.36. The lowest BCUT2D eigenvalue weighted by Crippen LogP contribution is -2.51. The SMILES string of the molecule is CCCNC(=O)N(C)C[C@H]1Oc2cc(-c3cncnc3)ccc2S(=O)(=O)N([C@H](C)CO)C[C@@H]1C. The smallest absolute Gasteiger partial charge is 0.317 e. The first-order chi connectivity index (χ1) is 16.2. The number of benzene rings is 1. The summed E-state index contributed by atoms with van der Waals surface area (Å²) in [5.41, 5.74) is 1.42. The molecule has 11 heteroatoms. The fourth-order valence-electron chi connectivity index (χ4n) is 3.79. The molecule has 0 aliphatic carbocycles. The number of aromatic nitrogens is 2. The van der Waals surface area contributed by atoms with Crippen LogP contribution in [-0.2, 0) is 10.0 Å². The van der Waals surface area contributed by atoms with Crippen molar-refractivity contribution in [3.8, 4) is 16.9 Å². The first kappa shape index (κ1) is 25.9. The van der Waals surface area contributed by atoms with Crippen molar-refractivity contribution in [1.29, 1.82) is 0 Å². The average Bonchev–Trinajstić information content (AvgIpc) is 2.84. The number of carbonyl (C=O) groups is 1. The van der Waals surface area contributed by atoms with Crippen molar-refractivity contribution in [3.05, 3.63) is 36.9 Å². The van der Waals surface area contributed by atoms with Gasteiger partial charge in [-0.25, -0.2) is 23.2 Å². The van der Waals surface area contributed by atoms with Gasteiger partial charge < -0.3 is 20.1 Å². The Morgan fingerprint density at radius 2 is 2.03 bits per heavy atom. The molecule has 0 bridgehead atoms. The first-order valence-electron chi connectivity index (χ1n) is 11.4. The Kier molecular flexibility index (Phi) is 8.45. The standard InChI is InChI=1S/C23H33N5O5S/c1-5-8-26-23(30)27(4)13-21-16(2)12-28(17(3)14-29)34(31,32)22-7-6-18(9-20(22)33-21)19-10-24-15-25-11-19/h6-7,9-11,15-17,21,29H,5,8,12-14H2,1-4H3,(H,26,30)/t16-,17+,21+/m0/s1. The van der Waals surface area contributed by atoms with Crippen LogP contribution in [0.5, 0.6) is 5.75 Å². The number of aliphatic hydroxyl groups excluding tert-OH is 1. The number of likely N-dealkylation sites (N-methyl/N-ethyl adjacent to an activating group) is 1. The minimum Gasteiger partial charge on any atom is -0.487 e. The lowest BCUT2D eigenvalue weighted by atomic mass is 10.0. The maximum absolute atomic E-state index is 13.6. The van der Waals surface area contributed by atoms with Crippen molar-refractivity contribution in [2.75, 3.05) is 33.3 Å². The number of sulfonamides is 1. The van der Waals surface area contributed by atoms with Gasteiger partial charge in [0.25, 0.3) is 0 Å². The second-order valence-corrected chi connectivity index (χ2v) is 10.5. The van der Waals surface area contributed by atoms with E-state index in [1.165, 1.54) is 16.7 Å². The van der Waals surface area contributed by atoms with Gasteiger partial charge in [0, 0.05) is 50.1 Å². The molecule has 2 aromatic rings. The zero-order valence-electron chi connectivity index (χ0n) is 20.0. The molecular weight excluding hydrogens is 458 g/mol. The van der Waals surface area contributed by atoms with Crippen LogP contribution in [0.15, 0.2) is 41.8 Å². The van der Waals surface area contributed by atoms with Gasteiger partial charge in [0.15, 0.2) is 0 Å². The van der Waals surface area contributed by atoms with E-state index >= 15 is 0 Å². The Balaban J connectivity index is 2.04. The Morgan fingerprint density at radius 3 is 2.68 bits per heavy atom. The Morgan fingerprint density at radius 1 is 1.32 bits per heavy atom. The van der Waals surface area contributed by atoms with Gasteiger partial charge in [0.05, 0.1) is 13.2 Å². The summed E-state index contributed by atoms with van der Waals surface area (Å²) >= 11 is 0. The molecule has 2 heterocycles. The fraction of sp³-hybridized carbons (Fsp3) is 0.522. The van der Waals surface area contributed by atoms with Crippen molar-refractivity contribution >= 4 is 16.1 Å². The number of urea groups is 1. The summed E-state index contributed by atoms with van der Waals surface area (Å²) in [5.74, 6) is -0.0718. The normalized spacial score (nSPS) is 20.9. The van der Waals surface area contributed by atoms with E-state index < -0.39 is 22.2 Å². The molecule has 1 aromatic carbocycles. The van der Waals surface area contributed by atoms with Crippen LogP contribution in [0.2, 0.25) is 0 Å². The highest BCUT2D eigenvalue weighted by molar-refractivity contribution is 7.89. The molecular formula is C23H33N5O5S. The number of nitrogens with zero attached hydrogens (tertiary/aromatic N) is 4. The van der Waals surface area contributed by atoms with Gasteiger partial charge in [0.2, 0.25) is 10.0 Å². The van der Waals surface area contributed by atoms with E-state index in [1.54, 1.807) is 43.4 Å². The average molecular weight is 492 g/mol. The molecule has 2 N–H and O–H groups in total. The van der Waals surface area contributed by atoms with Gasteiger partial charge in [0.1, 0.15) is 23.1 Å². The number of hydrogen-bond acceptors (Lipinski definition) is 7. The van der Waals surface area contributed by atoms with Gasteiger partial charge in [-0.2, -0.15) is 4.31 Å². The molecule has 0 radical (unpaired) electrons. The minimum atomic E-state index is -3.94. The van der Waals surface area contributed by atoms with E-state index in [0.29, 0.717) is 12.1 Å². The molecule has 1 aromatic heterocycles. The summed E-state index contributed by atoms with van der Waals surface area (Å²) in [6, 6.07) is 4.02. The monoisotopic (exact) mass is 491 g/mol. The van der Waals surface area contributed by atoms with Gasteiger partial charge in [-0.3, -0.25) is 0 Å². The largest absolute Gasteiger partial charge is 0.487 e. The number of nitrogens with one attached hydrogen (secondary N) is 1. The van der Waals surface area contributed by atoms with Crippen molar-refractivity contribution in [1.82, 2.24) is 24.5 Å². The summed E-state index contributed by atoms with van der Waals surface area (Å²) in [7, 11) is -2.26. The van der Waals surface area contributed by atoms with Crippen LogP contribution in [0, 0.1) is 5.92 Å². The lowest BCUT2D eigenvalue weighted by molar-refractivity contribution is 0.0813. The van der Waals surface area contributed by atoms with E-state index in [-0.39, 0.29) is 42.3 Å². The van der Waals surface area contributed by atoms with E-state index in [1.807, 2.05) is 13.8 Å². The minimum absolute atomic E-state index is 0.0170. The molecule has 10 nitrogen and oxygen atoms in total. The molecule has 0 fully saturated rings. The molecule has 186 valence electrons. The zero-order valence-corrected chi connectivity index (χ0v) is 20.8. The van der Waals surface area contributed by atoms with Crippen molar-refractivity contribution in [3.63, 3.8) is 0 Å². The Labute approximate surface area is 201 Å². The summed E-state index contributed by atoms with van der Waals surface area (Å²) in [6.45, 7) is 6.19. The third-order valence-electron chi connectivity index (χ3n) is 5.89. The molecule has 2 amide bonds. The van der Waals surface area contributed by atoms with Crippen LogP contribution in [-0.4, -0.2) is 84.2 Å². The van der Waals surface area contributed by atoms with Crippen LogP contribution in [0.1, 0.15) is 27.2 Å². The number of hydrogen-bond donors (Lipinski definition) is 2. The van der Waals surface area contributed by atoms with E-state index in [2.05, 4.69) is 15.3 Å². The Hall–Kier alpha value is -2.76. The first-order valence-corrected chi connectivity index (χ1v) is 12.8. The number of fused-ring (bicyclic) bond motifs is 1. The van der Waals surface area contributed by atoms with E-state index in [4.69, 9.17) is 4.74 Å². The Bertz CT molecular complexity index is 1080. The maximum atomic E-state index is 13.6. The predicted octanol–water partition coefficient (Wildman–Crippen LogP) is 1.96. The number of rotatable bonds is 7. The lowest BCUT2D eigenvalue weighted by Gasteiger charge is -2.37. The topological polar surface area (TPSA) is 125 Å². The van der Waals surface area contributed by atoms with Gasteiger partial charge in [-0.05, 0) is 31.0 Å². The third-order valence-corrected chi connectivity index (χ3v) is 7.91. The van der Waals surface area contributed by atoms with Crippen molar-refractivity contribution in [2.45, 2.75) is 44.2 Å². The van der Waals surface area contributed by atoms with E-state index in [9.17, 15) is 18.3 Å². The molecule has 3 rings (SSSR count). The summed E-state index contributed by atoms with van der Waals surface area (Å²) < 4.78 is 34.7. The molecule has 3 atom stereocenters. The van der Waals surface area contributed by atoms with Crippen LogP contribution >= 0.6 is 0 Å². The van der Waals surface area contributed by atoms with Crippen molar-refractivity contribution < 1.29 is 23.1 Å². The highest BCUT2D eigenvalue weighted by Gasteiger charge is 2.38. The summed E-state index contributed by atoms with van der Waals surface area (Å²) in [6.07, 6.45) is 5.03. The highest BCUT2D eigenvalue weighted by atomic mass is 32.2. The molecule has 0 unspecified atom stereocenters. The predicted molar refractivity (Wildman–Crippen MR) is 128 cm³/mol. The number of aliphatic hydroxyl groups is 1. The second kappa shape index (κ2) is 11.1. The zero-order chi connectivity index (χ0) is 24.9. The molecule has 1 aliphatic rings. The molecule has 1 aliphatic heterocycles. The number of amides is 2.